The molecule has 2 aliphatic carbocycles. The SMILES string of the molecule is CC.CC1=CCC2=CCc3cccc4ccc1c2c34. The average molecular weight is 248 g/mol. The molecule has 0 saturated carbocycles. The van der Waals surface area contributed by atoms with E-state index < -0.39 is 0 Å². The summed E-state index contributed by atoms with van der Waals surface area (Å²) in [5.41, 5.74) is 7.37. The number of hydrogen-bond donors (Lipinski definition) is 0. The minimum Gasteiger partial charge on any atom is -0.0766 e. The van der Waals surface area contributed by atoms with E-state index in [2.05, 4.69) is 49.4 Å². The zero-order valence-corrected chi connectivity index (χ0v) is 12.0. The van der Waals surface area contributed by atoms with E-state index >= 15 is 0 Å². The molecule has 0 saturated heterocycles. The summed E-state index contributed by atoms with van der Waals surface area (Å²) in [6.45, 7) is 6.23. The molecule has 0 spiro atoms. The summed E-state index contributed by atoms with van der Waals surface area (Å²) in [4.78, 5) is 0. The van der Waals surface area contributed by atoms with Crippen LogP contribution < -0.4 is 0 Å². The summed E-state index contributed by atoms with van der Waals surface area (Å²) in [5, 5.41) is 2.89. The van der Waals surface area contributed by atoms with E-state index in [-0.39, 0.29) is 0 Å². The van der Waals surface area contributed by atoms with Gasteiger partial charge in [-0.3, -0.25) is 0 Å². The molecule has 0 amide bonds. The smallest absolute Gasteiger partial charge is 0.00673 e. The van der Waals surface area contributed by atoms with Crippen molar-refractivity contribution in [2.24, 2.45) is 0 Å². The van der Waals surface area contributed by atoms with Gasteiger partial charge in [-0.1, -0.05) is 56.3 Å². The molecular weight excluding hydrogens is 228 g/mol. The Bertz CT molecular complexity index is 699. The van der Waals surface area contributed by atoms with Crippen molar-refractivity contribution in [1.29, 1.82) is 0 Å². The van der Waals surface area contributed by atoms with Crippen LogP contribution in [0.15, 0.2) is 42.5 Å². The maximum absolute atomic E-state index is 2.41. The van der Waals surface area contributed by atoms with Crippen LogP contribution in [0.1, 0.15) is 43.9 Å². The standard InChI is InChI=1S/C17H14.C2H6/c1-11-5-6-14-8-7-12-3-2-4-13-9-10-15(11)17(14)16(12)13;1-2/h2-5,8-10H,6-7H2,1H3;1-2H3. The number of rotatable bonds is 0. The molecule has 2 aromatic rings. The zero-order chi connectivity index (χ0) is 13.4. The minimum atomic E-state index is 1.09. The van der Waals surface area contributed by atoms with Crippen LogP contribution in [0, 0.1) is 0 Å². The van der Waals surface area contributed by atoms with Crippen molar-refractivity contribution in [3.8, 4) is 0 Å². The van der Waals surface area contributed by atoms with E-state index in [0.717, 1.165) is 12.8 Å². The molecule has 4 rings (SSSR count). The van der Waals surface area contributed by atoms with Gasteiger partial charge in [-0.15, -0.1) is 0 Å². The van der Waals surface area contributed by atoms with E-state index in [1.807, 2.05) is 13.8 Å². The van der Waals surface area contributed by atoms with Gasteiger partial charge in [-0.2, -0.15) is 0 Å². The van der Waals surface area contributed by atoms with Gasteiger partial charge in [0.05, 0.1) is 0 Å². The molecule has 0 fully saturated rings. The Balaban J connectivity index is 0.000000528. The molecule has 2 aliphatic rings. The second kappa shape index (κ2) is 4.70. The lowest BCUT2D eigenvalue weighted by atomic mass is 9.79. The zero-order valence-electron chi connectivity index (χ0n) is 12.0. The van der Waals surface area contributed by atoms with Crippen LogP contribution in [0.5, 0.6) is 0 Å². The summed E-state index contributed by atoms with van der Waals surface area (Å²) < 4.78 is 0. The second-order valence-corrected chi connectivity index (χ2v) is 5.03. The highest BCUT2D eigenvalue weighted by Gasteiger charge is 2.20. The monoisotopic (exact) mass is 248 g/mol. The third-order valence-electron chi connectivity index (χ3n) is 4.07. The Labute approximate surface area is 115 Å². The first-order chi connectivity index (χ1) is 9.34. The Morgan fingerprint density at radius 3 is 2.58 bits per heavy atom. The highest BCUT2D eigenvalue weighted by molar-refractivity contribution is 6.03. The van der Waals surface area contributed by atoms with Crippen LogP contribution in [0.25, 0.3) is 21.9 Å². The van der Waals surface area contributed by atoms with Crippen LogP contribution >= 0.6 is 0 Å². The molecule has 2 aromatic carbocycles. The van der Waals surface area contributed by atoms with E-state index in [0.29, 0.717) is 0 Å². The average Bonchev–Trinajstić information content (AvgIpc) is 2.49. The molecule has 0 aromatic heterocycles. The molecule has 19 heavy (non-hydrogen) atoms. The van der Waals surface area contributed by atoms with Crippen molar-refractivity contribution in [1.82, 2.24) is 0 Å². The lowest BCUT2D eigenvalue weighted by Crippen LogP contribution is -2.04. The molecular formula is C19H20. The summed E-state index contributed by atoms with van der Waals surface area (Å²) in [5.74, 6) is 0. The fourth-order valence-electron chi connectivity index (χ4n) is 3.18. The van der Waals surface area contributed by atoms with Crippen LogP contribution in [0.2, 0.25) is 0 Å². The van der Waals surface area contributed by atoms with Gasteiger partial charge < -0.3 is 0 Å². The van der Waals surface area contributed by atoms with Crippen LogP contribution in [0.4, 0.5) is 0 Å². The fraction of sp³-hybridized carbons (Fsp3) is 0.263. The van der Waals surface area contributed by atoms with E-state index in [1.165, 1.54) is 38.6 Å². The molecule has 0 unspecified atom stereocenters. The normalized spacial score (nSPS) is 15.3. The molecule has 0 atom stereocenters. The Morgan fingerprint density at radius 1 is 0.895 bits per heavy atom. The largest absolute Gasteiger partial charge is 0.0766 e. The fourth-order valence-corrected chi connectivity index (χ4v) is 3.18. The summed E-state index contributed by atoms with van der Waals surface area (Å²) in [6.07, 6.45) is 6.96. The van der Waals surface area contributed by atoms with Crippen LogP contribution in [-0.4, -0.2) is 0 Å². The van der Waals surface area contributed by atoms with Crippen molar-refractivity contribution in [2.45, 2.75) is 33.6 Å². The van der Waals surface area contributed by atoms with Gasteiger partial charge in [-0.05, 0) is 58.4 Å². The van der Waals surface area contributed by atoms with Crippen LogP contribution in [-0.2, 0) is 6.42 Å². The maximum atomic E-state index is 2.41. The maximum Gasteiger partial charge on any atom is -0.00673 e. The molecule has 0 radical (unpaired) electrons. The van der Waals surface area contributed by atoms with Gasteiger partial charge in [0.25, 0.3) is 0 Å². The number of benzene rings is 2. The molecule has 96 valence electrons. The van der Waals surface area contributed by atoms with Crippen molar-refractivity contribution < 1.29 is 0 Å². The molecule has 0 N–H and O–H groups in total. The van der Waals surface area contributed by atoms with Gasteiger partial charge >= 0.3 is 0 Å². The first-order valence-electron chi connectivity index (χ1n) is 7.26. The van der Waals surface area contributed by atoms with Crippen molar-refractivity contribution in [2.75, 3.05) is 0 Å². The topological polar surface area (TPSA) is 0 Å². The molecule has 0 aliphatic heterocycles. The number of hydrogen-bond acceptors (Lipinski definition) is 0. The highest BCUT2D eigenvalue weighted by atomic mass is 14.2. The van der Waals surface area contributed by atoms with E-state index in [1.54, 1.807) is 0 Å². The van der Waals surface area contributed by atoms with Crippen molar-refractivity contribution >= 4 is 21.9 Å². The van der Waals surface area contributed by atoms with Crippen molar-refractivity contribution in [3.05, 3.63) is 59.2 Å². The van der Waals surface area contributed by atoms with Gasteiger partial charge in [0.1, 0.15) is 0 Å². The minimum absolute atomic E-state index is 1.09. The predicted molar refractivity (Wildman–Crippen MR) is 85.2 cm³/mol. The summed E-state index contributed by atoms with van der Waals surface area (Å²) in [6, 6.07) is 11.2. The highest BCUT2D eigenvalue weighted by Crippen LogP contribution is 2.42. The van der Waals surface area contributed by atoms with Gasteiger partial charge in [0.15, 0.2) is 0 Å². The summed E-state index contributed by atoms with van der Waals surface area (Å²) >= 11 is 0. The van der Waals surface area contributed by atoms with E-state index in [9.17, 15) is 0 Å². The third-order valence-corrected chi connectivity index (χ3v) is 4.07. The first kappa shape index (κ1) is 12.2. The Kier molecular flexibility index (Phi) is 3.02. The van der Waals surface area contributed by atoms with Gasteiger partial charge in [0, 0.05) is 0 Å². The predicted octanol–water partition coefficient (Wildman–Crippen LogP) is 5.61. The Morgan fingerprint density at radius 2 is 1.74 bits per heavy atom. The molecule has 0 heterocycles. The molecule has 0 heteroatoms. The summed E-state index contributed by atoms with van der Waals surface area (Å²) in [7, 11) is 0. The van der Waals surface area contributed by atoms with Crippen molar-refractivity contribution in [3.63, 3.8) is 0 Å². The molecule has 0 bridgehead atoms. The second-order valence-electron chi connectivity index (χ2n) is 5.03. The lowest BCUT2D eigenvalue weighted by Gasteiger charge is -2.25. The first-order valence-corrected chi connectivity index (χ1v) is 7.26. The van der Waals surface area contributed by atoms with Gasteiger partial charge in [0.2, 0.25) is 0 Å². The third kappa shape index (κ3) is 1.74. The quantitative estimate of drug-likeness (QED) is 0.568. The lowest BCUT2D eigenvalue weighted by molar-refractivity contribution is 1.22. The number of allylic oxidation sites excluding steroid dienone is 4. The Hall–Kier alpha value is -1.82. The molecule has 0 nitrogen and oxygen atoms in total. The van der Waals surface area contributed by atoms with E-state index in [4.69, 9.17) is 0 Å². The van der Waals surface area contributed by atoms with Crippen LogP contribution in [0.3, 0.4) is 0 Å². The van der Waals surface area contributed by atoms with Gasteiger partial charge in [-0.25, -0.2) is 0 Å².